The largest absolute Gasteiger partial charge is 0.298 e. The van der Waals surface area contributed by atoms with Crippen molar-refractivity contribution in [2.24, 2.45) is 5.73 Å². The molecule has 1 aromatic rings. The fourth-order valence-corrected chi connectivity index (χ4v) is 1.65. The molecule has 0 radical (unpaired) electrons. The van der Waals surface area contributed by atoms with Crippen LogP contribution in [0.15, 0.2) is 12.1 Å². The molecule has 0 amide bonds. The molecular weight excluding hydrogens is 228 g/mol. The molecule has 7 heteroatoms. The maximum atomic E-state index is 13.9. The minimum Gasteiger partial charge on any atom is -0.275 e. The Kier molecular flexibility index (Phi) is 2.23. The van der Waals surface area contributed by atoms with Crippen molar-refractivity contribution < 1.29 is 22.3 Å². The summed E-state index contributed by atoms with van der Waals surface area (Å²) in [6, 6.07) is 1.54. The van der Waals surface area contributed by atoms with Gasteiger partial charge >= 0.3 is 0 Å². The average molecular weight is 236 g/mol. The lowest BCUT2D eigenvalue weighted by Gasteiger charge is -2.21. The molecule has 3 nitrogen and oxygen atoms in total. The molecule has 1 aliphatic heterocycles. The maximum absolute atomic E-state index is 13.9. The van der Waals surface area contributed by atoms with Crippen LogP contribution in [0.4, 0.5) is 17.6 Å². The number of hydrogen-bond acceptors (Lipinski definition) is 3. The van der Waals surface area contributed by atoms with Gasteiger partial charge in [-0.05, 0) is 19.2 Å². The van der Waals surface area contributed by atoms with Gasteiger partial charge in [0.2, 0.25) is 0 Å². The normalized spacial score (nSPS) is 32.9. The minimum absolute atomic E-state index is 0.515. The van der Waals surface area contributed by atoms with Gasteiger partial charge in [-0.3, -0.25) is 15.8 Å². The Morgan fingerprint density at radius 1 is 1.31 bits per heavy atom. The van der Waals surface area contributed by atoms with Gasteiger partial charge in [-0.2, -0.15) is 8.78 Å². The Bertz CT molecular complexity index is 451. The molecule has 3 N–H and O–H groups in total. The van der Waals surface area contributed by atoms with E-state index in [1.54, 1.807) is 0 Å². The molecule has 0 saturated carbocycles. The fourth-order valence-electron chi connectivity index (χ4n) is 1.65. The molecule has 0 fully saturated rings. The molecule has 1 heterocycles. The van der Waals surface area contributed by atoms with E-state index in [4.69, 9.17) is 5.73 Å². The molecule has 1 aliphatic rings. The quantitative estimate of drug-likeness (QED) is 0.571. The van der Waals surface area contributed by atoms with Crippen LogP contribution in [0, 0.1) is 11.6 Å². The van der Waals surface area contributed by atoms with E-state index in [9.17, 15) is 17.6 Å². The van der Waals surface area contributed by atoms with E-state index in [0.717, 1.165) is 13.1 Å². The van der Waals surface area contributed by atoms with Crippen molar-refractivity contribution in [2.75, 3.05) is 7.05 Å². The molecule has 0 bridgehead atoms. The van der Waals surface area contributed by atoms with Crippen LogP contribution in [0.3, 0.4) is 0 Å². The van der Waals surface area contributed by atoms with Crippen LogP contribution in [0.25, 0.3) is 0 Å². The minimum atomic E-state index is -3.21. The molecule has 88 valence electrons. The molecule has 0 aromatic heterocycles. The molecule has 2 rings (SSSR count). The number of rotatable bonds is 1. The summed E-state index contributed by atoms with van der Waals surface area (Å²) in [6.07, 6.45) is 0. The Morgan fingerprint density at radius 2 is 1.94 bits per heavy atom. The second-order valence-corrected chi connectivity index (χ2v) is 3.38. The van der Waals surface area contributed by atoms with Gasteiger partial charge in [0.15, 0.2) is 11.6 Å². The number of nitrogens with one attached hydrogen (secondary N) is 1. The molecule has 0 saturated heterocycles. The highest BCUT2D eigenvalue weighted by molar-refractivity contribution is 5.39. The van der Waals surface area contributed by atoms with Gasteiger partial charge in [0.05, 0.1) is 5.56 Å². The number of nitrogens with two attached hydrogens (primary N) is 1. The van der Waals surface area contributed by atoms with E-state index in [2.05, 4.69) is 4.74 Å². The number of hydrogen-bond donors (Lipinski definition) is 2. The summed E-state index contributed by atoms with van der Waals surface area (Å²) < 4.78 is 57.9. The van der Waals surface area contributed by atoms with Crippen molar-refractivity contribution in [1.82, 2.24) is 5.32 Å². The van der Waals surface area contributed by atoms with Gasteiger partial charge in [-0.15, -0.1) is 0 Å². The van der Waals surface area contributed by atoms with Gasteiger partial charge in [-0.1, -0.05) is 0 Å². The van der Waals surface area contributed by atoms with Crippen molar-refractivity contribution in [3.63, 3.8) is 0 Å². The Balaban J connectivity index is 2.73. The highest BCUT2D eigenvalue weighted by Crippen LogP contribution is 2.46. The molecular formula is C9H8F4N2O. The smallest absolute Gasteiger partial charge is 0.275 e. The molecule has 0 spiro atoms. The lowest BCUT2D eigenvalue weighted by molar-refractivity contribution is -0.275. The molecule has 2 atom stereocenters. The van der Waals surface area contributed by atoms with Crippen LogP contribution in [-0.2, 0) is 16.7 Å². The van der Waals surface area contributed by atoms with Crippen molar-refractivity contribution in [3.05, 3.63) is 34.9 Å². The summed E-state index contributed by atoms with van der Waals surface area (Å²) in [5.74, 6) is -8.86. The van der Waals surface area contributed by atoms with Gasteiger partial charge in [0.1, 0.15) is 0 Å². The van der Waals surface area contributed by atoms with E-state index in [-0.39, 0.29) is 0 Å². The van der Waals surface area contributed by atoms with Gasteiger partial charge in [0.25, 0.3) is 12.0 Å². The number of ether oxygens (including phenoxy) is 1. The van der Waals surface area contributed by atoms with E-state index >= 15 is 0 Å². The lowest BCUT2D eigenvalue weighted by Crippen LogP contribution is -2.40. The molecule has 16 heavy (non-hydrogen) atoms. The molecule has 2 unspecified atom stereocenters. The number of halogens is 4. The van der Waals surface area contributed by atoms with Crippen LogP contribution in [0.5, 0.6) is 0 Å². The van der Waals surface area contributed by atoms with Gasteiger partial charge < -0.3 is 0 Å². The van der Waals surface area contributed by atoms with Crippen LogP contribution < -0.4 is 11.1 Å². The SMILES string of the molecule is CNC1(F)OC(N)(F)c2c1ccc(F)c2F. The first-order valence-corrected chi connectivity index (χ1v) is 4.36. The number of alkyl halides is 2. The lowest BCUT2D eigenvalue weighted by atomic mass is 10.0. The standard InChI is InChI=1S/C9H8F4N2O/c1-15-9(13)4-2-3-5(10)7(11)6(4)8(12,14)16-9/h2-3,15H,14H2,1H3. The summed E-state index contributed by atoms with van der Waals surface area (Å²) >= 11 is 0. The van der Waals surface area contributed by atoms with Crippen LogP contribution in [0.1, 0.15) is 11.1 Å². The van der Waals surface area contributed by atoms with Gasteiger partial charge in [-0.25, -0.2) is 8.78 Å². The third-order valence-corrected chi connectivity index (χ3v) is 2.39. The summed E-state index contributed by atoms with van der Waals surface area (Å²) in [6.45, 7) is 0. The second kappa shape index (κ2) is 3.16. The first-order valence-electron chi connectivity index (χ1n) is 4.36. The summed E-state index contributed by atoms with van der Waals surface area (Å²) in [5, 5.41) is 2.00. The predicted octanol–water partition coefficient (Wildman–Crippen LogP) is 1.33. The zero-order chi connectivity index (χ0) is 12.1. The van der Waals surface area contributed by atoms with Crippen LogP contribution in [-0.4, -0.2) is 7.05 Å². The van der Waals surface area contributed by atoms with E-state index in [0.29, 0.717) is 6.07 Å². The first kappa shape index (κ1) is 11.3. The zero-order valence-corrected chi connectivity index (χ0v) is 8.15. The zero-order valence-electron chi connectivity index (χ0n) is 8.15. The third-order valence-electron chi connectivity index (χ3n) is 2.39. The van der Waals surface area contributed by atoms with Crippen molar-refractivity contribution >= 4 is 0 Å². The Hall–Kier alpha value is -1.18. The van der Waals surface area contributed by atoms with E-state index < -0.39 is 34.7 Å². The highest BCUT2D eigenvalue weighted by atomic mass is 19.2. The molecule has 1 aromatic carbocycles. The summed E-state index contributed by atoms with van der Waals surface area (Å²) in [4.78, 5) is 0. The summed E-state index contributed by atoms with van der Waals surface area (Å²) in [5.41, 5.74) is 3.45. The summed E-state index contributed by atoms with van der Waals surface area (Å²) in [7, 11) is 1.13. The monoisotopic (exact) mass is 236 g/mol. The van der Waals surface area contributed by atoms with E-state index in [1.165, 1.54) is 0 Å². The number of benzene rings is 1. The maximum Gasteiger partial charge on any atom is 0.298 e. The fraction of sp³-hybridized carbons (Fsp3) is 0.333. The average Bonchev–Trinajstić information content (AvgIpc) is 2.41. The Morgan fingerprint density at radius 3 is 2.50 bits per heavy atom. The first-order chi connectivity index (χ1) is 7.32. The third kappa shape index (κ3) is 1.32. The van der Waals surface area contributed by atoms with Crippen molar-refractivity contribution in [1.29, 1.82) is 0 Å². The number of fused-ring (bicyclic) bond motifs is 1. The molecule has 0 aliphatic carbocycles. The van der Waals surface area contributed by atoms with Gasteiger partial charge in [0, 0.05) is 5.56 Å². The topological polar surface area (TPSA) is 47.3 Å². The van der Waals surface area contributed by atoms with Crippen LogP contribution in [0.2, 0.25) is 0 Å². The second-order valence-electron chi connectivity index (χ2n) is 3.38. The van der Waals surface area contributed by atoms with Crippen LogP contribution >= 0.6 is 0 Å². The predicted molar refractivity (Wildman–Crippen MR) is 46.3 cm³/mol. The van der Waals surface area contributed by atoms with Crippen molar-refractivity contribution in [2.45, 2.75) is 12.0 Å². The highest BCUT2D eigenvalue weighted by Gasteiger charge is 2.55. The van der Waals surface area contributed by atoms with Crippen molar-refractivity contribution in [3.8, 4) is 0 Å². The Labute approximate surface area is 88.2 Å². The van der Waals surface area contributed by atoms with E-state index in [1.807, 2.05) is 5.32 Å².